The summed E-state index contributed by atoms with van der Waals surface area (Å²) >= 11 is 0. The zero-order valence-corrected chi connectivity index (χ0v) is 16.0. The highest BCUT2D eigenvalue weighted by Crippen LogP contribution is 2.44. The number of nitriles is 1. The van der Waals surface area contributed by atoms with E-state index in [0.29, 0.717) is 5.92 Å². The van der Waals surface area contributed by atoms with E-state index in [1.54, 1.807) is 0 Å². The van der Waals surface area contributed by atoms with Gasteiger partial charge in [0.15, 0.2) is 0 Å². The van der Waals surface area contributed by atoms with Crippen LogP contribution in [0.3, 0.4) is 0 Å². The fourth-order valence-corrected chi connectivity index (χ4v) is 3.73. The molecule has 0 aliphatic carbocycles. The van der Waals surface area contributed by atoms with Crippen LogP contribution in [0, 0.1) is 23.2 Å². The average molecular weight is 361 g/mol. The van der Waals surface area contributed by atoms with E-state index in [1.807, 2.05) is 60.7 Å². The highest BCUT2D eigenvalue weighted by Gasteiger charge is 2.40. The summed E-state index contributed by atoms with van der Waals surface area (Å²) in [6, 6.07) is 22.4. The average Bonchev–Trinajstić information content (AvgIpc) is 2.68. The summed E-state index contributed by atoms with van der Waals surface area (Å²) < 4.78 is 0. The van der Waals surface area contributed by atoms with Crippen molar-refractivity contribution in [3.8, 4) is 6.07 Å². The second-order valence-corrected chi connectivity index (χ2v) is 7.29. The monoisotopic (exact) mass is 361 g/mol. The van der Waals surface area contributed by atoms with E-state index in [0.717, 1.165) is 36.5 Å². The number of rotatable bonds is 9. The first-order chi connectivity index (χ1) is 13.0. The van der Waals surface area contributed by atoms with E-state index in [-0.39, 0.29) is 0 Å². The van der Waals surface area contributed by atoms with Gasteiger partial charge in [-0.2, -0.15) is 5.26 Å². The maximum absolute atomic E-state index is 11.1. The number of aliphatic carboxylic acids is 1. The van der Waals surface area contributed by atoms with E-state index in [9.17, 15) is 10.1 Å². The number of carbonyl (C=O) groups is 1. The molecule has 1 atom stereocenters. The number of carboxylic acid groups (broad SMARTS) is 1. The van der Waals surface area contributed by atoms with Gasteiger partial charge in [-0.1, -0.05) is 93.4 Å². The van der Waals surface area contributed by atoms with Crippen molar-refractivity contribution in [3.05, 3.63) is 83.9 Å². The predicted octanol–water partition coefficient (Wildman–Crippen LogP) is 5.58. The topological polar surface area (TPSA) is 61.1 Å². The molecule has 140 valence electrons. The molecule has 0 amide bonds. The van der Waals surface area contributed by atoms with Crippen LogP contribution in [0.2, 0.25) is 0 Å². The van der Waals surface area contributed by atoms with Gasteiger partial charge in [0.1, 0.15) is 0 Å². The first kappa shape index (κ1) is 20.5. The third-order valence-corrected chi connectivity index (χ3v) is 5.03. The number of hydrogen-bond donors (Lipinski definition) is 1. The van der Waals surface area contributed by atoms with Crippen molar-refractivity contribution in [3.63, 3.8) is 0 Å². The molecule has 2 aromatic carbocycles. The van der Waals surface area contributed by atoms with Gasteiger partial charge in [0.25, 0.3) is 0 Å². The Labute approximate surface area is 162 Å². The molecule has 1 N–H and O–H groups in total. The summed E-state index contributed by atoms with van der Waals surface area (Å²) in [5.41, 5.74) is 1.50. The van der Waals surface area contributed by atoms with Gasteiger partial charge >= 0.3 is 5.97 Å². The summed E-state index contributed by atoms with van der Waals surface area (Å²) in [4.78, 5) is 11.1. The van der Waals surface area contributed by atoms with Gasteiger partial charge in [-0.3, -0.25) is 0 Å². The van der Waals surface area contributed by atoms with Crippen molar-refractivity contribution < 1.29 is 9.90 Å². The minimum Gasteiger partial charge on any atom is -0.478 e. The zero-order valence-electron chi connectivity index (χ0n) is 16.0. The lowest BCUT2D eigenvalue weighted by Crippen LogP contribution is -2.35. The summed E-state index contributed by atoms with van der Waals surface area (Å²) in [6.45, 7) is 4.39. The standard InChI is InChI=1S/C24H27NO2/c1-19(2)10-9-17-24(20-11-5-3-6-12-20,21-13-7-4-8-14-21)22(18-25)15-16-23(26)27/h3-8,11-16,19,22H,9-10,17H2,1-2H3,(H,26,27). The molecule has 0 spiro atoms. The molecule has 0 aliphatic heterocycles. The van der Waals surface area contributed by atoms with Crippen LogP contribution in [-0.2, 0) is 10.2 Å². The number of benzene rings is 2. The third kappa shape index (κ3) is 5.08. The van der Waals surface area contributed by atoms with E-state index in [2.05, 4.69) is 19.9 Å². The number of hydrogen-bond acceptors (Lipinski definition) is 2. The van der Waals surface area contributed by atoms with Crippen molar-refractivity contribution in [2.45, 2.75) is 38.5 Å². The summed E-state index contributed by atoms with van der Waals surface area (Å²) in [7, 11) is 0. The zero-order chi connectivity index (χ0) is 19.7. The SMILES string of the molecule is CC(C)CCCC(c1ccccc1)(c1ccccc1)C(C#N)C=CC(=O)O. The molecule has 2 rings (SSSR count). The van der Waals surface area contributed by atoms with Crippen LogP contribution in [0.1, 0.15) is 44.2 Å². The minimum absolute atomic E-state index is 0.573. The molecule has 0 bridgehead atoms. The molecule has 3 heteroatoms. The third-order valence-electron chi connectivity index (χ3n) is 5.03. The van der Waals surface area contributed by atoms with Crippen molar-refractivity contribution in [2.24, 2.45) is 11.8 Å². The second kappa shape index (κ2) is 9.73. The molecule has 0 saturated heterocycles. The van der Waals surface area contributed by atoms with E-state index >= 15 is 0 Å². The largest absolute Gasteiger partial charge is 0.478 e. The molecule has 1 unspecified atom stereocenters. The normalized spacial score (nSPS) is 12.8. The van der Waals surface area contributed by atoms with Crippen LogP contribution < -0.4 is 0 Å². The number of nitrogens with zero attached hydrogens (tertiary/aromatic N) is 1. The van der Waals surface area contributed by atoms with E-state index in [1.165, 1.54) is 6.08 Å². The van der Waals surface area contributed by atoms with E-state index in [4.69, 9.17) is 5.11 Å². The highest BCUT2D eigenvalue weighted by molar-refractivity contribution is 5.79. The predicted molar refractivity (Wildman–Crippen MR) is 108 cm³/mol. The smallest absolute Gasteiger partial charge is 0.328 e. The lowest BCUT2D eigenvalue weighted by atomic mass is 9.63. The molecule has 2 aromatic rings. The van der Waals surface area contributed by atoms with Crippen molar-refractivity contribution in [1.82, 2.24) is 0 Å². The number of carboxylic acids is 1. The van der Waals surface area contributed by atoms with Crippen LogP contribution in [0.25, 0.3) is 0 Å². The van der Waals surface area contributed by atoms with Gasteiger partial charge in [-0.15, -0.1) is 0 Å². The molecule has 0 heterocycles. The molecule has 0 fully saturated rings. The molecule has 0 saturated carbocycles. The maximum Gasteiger partial charge on any atom is 0.328 e. The van der Waals surface area contributed by atoms with Crippen LogP contribution >= 0.6 is 0 Å². The molecule has 0 aliphatic rings. The fraction of sp³-hybridized carbons (Fsp3) is 0.333. The van der Waals surface area contributed by atoms with Crippen LogP contribution in [0.15, 0.2) is 72.8 Å². The Morgan fingerprint density at radius 1 is 1.07 bits per heavy atom. The first-order valence-corrected chi connectivity index (χ1v) is 9.42. The van der Waals surface area contributed by atoms with Gasteiger partial charge in [0, 0.05) is 11.5 Å². The quantitative estimate of drug-likeness (QED) is 0.593. The first-order valence-electron chi connectivity index (χ1n) is 9.42. The highest BCUT2D eigenvalue weighted by atomic mass is 16.4. The Morgan fingerprint density at radius 3 is 2.00 bits per heavy atom. The summed E-state index contributed by atoms with van der Waals surface area (Å²) in [5, 5.41) is 19.1. The Bertz CT molecular complexity index is 749. The number of allylic oxidation sites excluding steroid dienone is 1. The van der Waals surface area contributed by atoms with Gasteiger partial charge < -0.3 is 5.11 Å². The Hall–Kier alpha value is -2.86. The van der Waals surface area contributed by atoms with E-state index < -0.39 is 17.3 Å². The summed E-state index contributed by atoms with van der Waals surface area (Å²) in [6.07, 6.45) is 5.43. The maximum atomic E-state index is 11.1. The van der Waals surface area contributed by atoms with Crippen molar-refractivity contribution in [1.29, 1.82) is 5.26 Å². The molecular formula is C24H27NO2. The molecular weight excluding hydrogens is 334 g/mol. The van der Waals surface area contributed by atoms with Crippen molar-refractivity contribution in [2.75, 3.05) is 0 Å². The van der Waals surface area contributed by atoms with Gasteiger partial charge in [0.2, 0.25) is 0 Å². The van der Waals surface area contributed by atoms with Gasteiger partial charge in [-0.25, -0.2) is 4.79 Å². The Morgan fingerprint density at radius 2 is 1.59 bits per heavy atom. The Kier molecular flexibility index (Phi) is 7.37. The van der Waals surface area contributed by atoms with Crippen LogP contribution in [-0.4, -0.2) is 11.1 Å². The van der Waals surface area contributed by atoms with Crippen LogP contribution in [0.4, 0.5) is 0 Å². The van der Waals surface area contributed by atoms with Crippen LogP contribution in [0.5, 0.6) is 0 Å². The second-order valence-electron chi connectivity index (χ2n) is 7.29. The molecule has 27 heavy (non-hydrogen) atoms. The molecule has 0 aromatic heterocycles. The molecule has 3 nitrogen and oxygen atoms in total. The lowest BCUT2D eigenvalue weighted by Gasteiger charge is -2.38. The summed E-state index contributed by atoms with van der Waals surface area (Å²) in [5.74, 6) is -1.04. The minimum atomic E-state index is -1.03. The molecule has 0 radical (unpaired) electrons. The lowest BCUT2D eigenvalue weighted by molar-refractivity contribution is -0.131. The van der Waals surface area contributed by atoms with Crippen molar-refractivity contribution >= 4 is 5.97 Å². The fourth-order valence-electron chi connectivity index (χ4n) is 3.73. The van der Waals surface area contributed by atoms with Gasteiger partial charge in [-0.05, 0) is 23.5 Å². The van der Waals surface area contributed by atoms with Gasteiger partial charge in [0.05, 0.1) is 12.0 Å². The Balaban J connectivity index is 2.65.